The molecule has 0 fully saturated rings. The minimum Gasteiger partial charge on any atom is -0.507 e. The van der Waals surface area contributed by atoms with Crippen molar-refractivity contribution in [1.82, 2.24) is 9.80 Å². The van der Waals surface area contributed by atoms with Crippen LogP contribution in [0, 0.1) is 23.3 Å². The molecular formula is C27H36F4N2O4. The highest BCUT2D eigenvalue weighted by Gasteiger charge is 2.29. The summed E-state index contributed by atoms with van der Waals surface area (Å²) in [7, 11) is 1.32. The quantitative estimate of drug-likeness (QED) is 0.437. The smallest absolute Gasteiger partial charge is 0.261 e. The molecule has 0 aromatic heterocycles. The summed E-state index contributed by atoms with van der Waals surface area (Å²) in [6.45, 7) is 14.4. The van der Waals surface area contributed by atoms with Crippen LogP contribution < -0.4 is 4.74 Å². The number of phenolic OH excluding ortho intramolecular Hbond substituents is 1. The van der Waals surface area contributed by atoms with Crippen molar-refractivity contribution in [3.8, 4) is 11.5 Å². The molecule has 0 saturated carbocycles. The molecule has 6 nitrogen and oxygen atoms in total. The number of ether oxygens (including phenoxy) is 1. The van der Waals surface area contributed by atoms with Gasteiger partial charge in [-0.2, -0.15) is 0 Å². The van der Waals surface area contributed by atoms with E-state index in [4.69, 9.17) is 4.74 Å². The fourth-order valence-electron chi connectivity index (χ4n) is 4.04. The van der Waals surface area contributed by atoms with Crippen LogP contribution in [0.15, 0.2) is 24.3 Å². The summed E-state index contributed by atoms with van der Waals surface area (Å²) in [5.41, 5.74) is -0.970. The zero-order valence-corrected chi connectivity index (χ0v) is 22.7. The van der Waals surface area contributed by atoms with E-state index < -0.39 is 46.4 Å². The molecule has 0 bridgehead atoms. The molecule has 37 heavy (non-hydrogen) atoms. The van der Waals surface area contributed by atoms with Crippen LogP contribution in [0.25, 0.3) is 0 Å². The average molecular weight is 529 g/mol. The van der Waals surface area contributed by atoms with E-state index >= 15 is 0 Å². The Morgan fingerprint density at radius 3 is 1.41 bits per heavy atom. The molecule has 10 heteroatoms. The topological polar surface area (TPSA) is 70.1 Å². The lowest BCUT2D eigenvalue weighted by Gasteiger charge is -2.31. The molecule has 0 heterocycles. The zero-order chi connectivity index (χ0) is 28.8. The number of nitrogens with zero attached hydrogens (tertiary/aromatic N) is 2. The van der Waals surface area contributed by atoms with E-state index in [2.05, 4.69) is 0 Å². The molecule has 2 amide bonds. The number of methoxy groups -OCH3 is 1. The number of halogens is 4. The standard InChI is InChI=1S/C14H19F2NO2.C13H17F2NO2/c1-8(2)17(9(3)4)14(18)12-11(19-5)7-6-10(15)13(12)16;1-7(2)16(8(3)4)13(18)11-10(17)6-5-9(14)12(11)15/h6-9H,1-5H3;5-8,17H,1-4H3. The van der Waals surface area contributed by atoms with E-state index in [1.54, 1.807) is 27.7 Å². The average Bonchev–Trinajstić information content (AvgIpc) is 2.77. The van der Waals surface area contributed by atoms with Crippen LogP contribution in [0.1, 0.15) is 76.1 Å². The molecule has 0 aliphatic heterocycles. The third-order valence-electron chi connectivity index (χ3n) is 5.47. The molecule has 206 valence electrons. The Morgan fingerprint density at radius 1 is 0.676 bits per heavy atom. The Balaban J connectivity index is 0.000000371. The molecule has 0 aliphatic rings. The van der Waals surface area contributed by atoms with Crippen molar-refractivity contribution < 1.29 is 37.0 Å². The molecule has 2 rings (SSSR count). The van der Waals surface area contributed by atoms with Gasteiger partial charge in [-0.1, -0.05) is 0 Å². The van der Waals surface area contributed by atoms with E-state index in [9.17, 15) is 32.3 Å². The normalized spacial score (nSPS) is 11.1. The van der Waals surface area contributed by atoms with Crippen molar-refractivity contribution in [2.24, 2.45) is 0 Å². The van der Waals surface area contributed by atoms with Crippen LogP contribution in [0.4, 0.5) is 17.6 Å². The van der Waals surface area contributed by atoms with E-state index in [1.165, 1.54) is 23.0 Å². The number of amides is 2. The first kappa shape index (κ1) is 31.7. The lowest BCUT2D eigenvalue weighted by atomic mass is 10.1. The van der Waals surface area contributed by atoms with E-state index in [0.29, 0.717) is 0 Å². The third kappa shape index (κ3) is 7.36. The number of hydrogen-bond acceptors (Lipinski definition) is 4. The summed E-state index contributed by atoms with van der Waals surface area (Å²) in [6, 6.07) is 3.35. The van der Waals surface area contributed by atoms with Crippen LogP contribution >= 0.6 is 0 Å². The van der Waals surface area contributed by atoms with Crippen LogP contribution in [-0.4, -0.2) is 58.0 Å². The van der Waals surface area contributed by atoms with E-state index in [1.807, 2.05) is 27.7 Å². The number of carbonyl (C=O) groups excluding carboxylic acids is 2. The van der Waals surface area contributed by atoms with Gasteiger partial charge < -0.3 is 19.6 Å². The minimum atomic E-state index is -1.31. The fourth-order valence-corrected chi connectivity index (χ4v) is 4.04. The lowest BCUT2D eigenvalue weighted by Crippen LogP contribution is -2.42. The summed E-state index contributed by atoms with van der Waals surface area (Å²) in [6.07, 6.45) is 0. The maximum atomic E-state index is 13.9. The monoisotopic (exact) mass is 528 g/mol. The largest absolute Gasteiger partial charge is 0.507 e. The number of phenols is 1. The zero-order valence-electron chi connectivity index (χ0n) is 22.7. The molecule has 0 saturated heterocycles. The number of carbonyl (C=O) groups is 2. The Hall–Kier alpha value is -3.30. The van der Waals surface area contributed by atoms with Gasteiger partial charge in [0.1, 0.15) is 22.6 Å². The highest BCUT2D eigenvalue weighted by molar-refractivity contribution is 5.98. The second-order valence-electron chi connectivity index (χ2n) is 9.49. The predicted molar refractivity (Wildman–Crippen MR) is 134 cm³/mol. The number of rotatable bonds is 7. The molecule has 1 N–H and O–H groups in total. The molecule has 0 unspecified atom stereocenters. The molecular weight excluding hydrogens is 492 g/mol. The summed E-state index contributed by atoms with van der Waals surface area (Å²) >= 11 is 0. The maximum absolute atomic E-state index is 13.9. The Morgan fingerprint density at radius 2 is 1.03 bits per heavy atom. The van der Waals surface area contributed by atoms with Gasteiger partial charge in [-0.25, -0.2) is 17.6 Å². The first-order valence-corrected chi connectivity index (χ1v) is 11.9. The molecule has 0 aliphatic carbocycles. The molecule has 2 aromatic carbocycles. The van der Waals surface area contributed by atoms with Crippen molar-refractivity contribution in [3.05, 3.63) is 58.7 Å². The van der Waals surface area contributed by atoms with Gasteiger partial charge >= 0.3 is 0 Å². The lowest BCUT2D eigenvalue weighted by molar-refractivity contribution is 0.0624. The minimum absolute atomic E-state index is 0.0372. The fraction of sp³-hybridized carbons (Fsp3) is 0.481. The van der Waals surface area contributed by atoms with Gasteiger partial charge in [0, 0.05) is 24.2 Å². The Labute approximate surface area is 215 Å². The summed E-state index contributed by atoms with van der Waals surface area (Å²) in [4.78, 5) is 27.5. The van der Waals surface area contributed by atoms with Crippen molar-refractivity contribution >= 4 is 11.8 Å². The van der Waals surface area contributed by atoms with E-state index in [0.717, 1.165) is 18.2 Å². The van der Waals surface area contributed by atoms with Gasteiger partial charge in [0.2, 0.25) is 0 Å². The van der Waals surface area contributed by atoms with Crippen LogP contribution in [0.3, 0.4) is 0 Å². The van der Waals surface area contributed by atoms with Gasteiger partial charge in [0.05, 0.1) is 7.11 Å². The first-order valence-electron chi connectivity index (χ1n) is 11.9. The van der Waals surface area contributed by atoms with Gasteiger partial charge in [-0.15, -0.1) is 0 Å². The highest BCUT2D eigenvalue weighted by Crippen LogP contribution is 2.27. The number of aromatic hydroxyl groups is 1. The first-order chi connectivity index (χ1) is 17.1. The van der Waals surface area contributed by atoms with Crippen molar-refractivity contribution in [1.29, 1.82) is 0 Å². The SMILES string of the molecule is CC(C)N(C(=O)c1c(O)ccc(F)c1F)C(C)C.COc1ccc(F)c(F)c1C(=O)N(C(C)C)C(C)C. The van der Waals surface area contributed by atoms with Gasteiger partial charge in [0.25, 0.3) is 11.8 Å². The van der Waals surface area contributed by atoms with Gasteiger partial charge in [-0.3, -0.25) is 9.59 Å². The number of benzene rings is 2. The van der Waals surface area contributed by atoms with E-state index in [-0.39, 0.29) is 35.5 Å². The van der Waals surface area contributed by atoms with Crippen molar-refractivity contribution in [3.63, 3.8) is 0 Å². The van der Waals surface area contributed by atoms with Gasteiger partial charge in [-0.05, 0) is 79.7 Å². The van der Waals surface area contributed by atoms with Gasteiger partial charge in [0.15, 0.2) is 23.3 Å². The number of hydrogen-bond donors (Lipinski definition) is 1. The third-order valence-corrected chi connectivity index (χ3v) is 5.47. The van der Waals surface area contributed by atoms with Crippen molar-refractivity contribution in [2.45, 2.75) is 79.6 Å². The molecule has 2 aromatic rings. The highest BCUT2D eigenvalue weighted by atomic mass is 19.2. The molecule has 0 atom stereocenters. The van der Waals surface area contributed by atoms with Crippen LogP contribution in [0.5, 0.6) is 11.5 Å². The summed E-state index contributed by atoms with van der Waals surface area (Å²) < 4.78 is 58.9. The Kier molecular flexibility index (Phi) is 11.4. The molecule has 0 spiro atoms. The molecule has 0 radical (unpaired) electrons. The summed E-state index contributed by atoms with van der Waals surface area (Å²) in [5.74, 6) is -6.49. The van der Waals surface area contributed by atoms with Crippen LogP contribution in [-0.2, 0) is 0 Å². The maximum Gasteiger partial charge on any atom is 0.261 e. The van der Waals surface area contributed by atoms with Crippen molar-refractivity contribution in [2.75, 3.05) is 7.11 Å². The summed E-state index contributed by atoms with van der Waals surface area (Å²) in [5, 5.41) is 9.54. The predicted octanol–water partition coefficient (Wildman–Crippen LogP) is 6.16. The van der Waals surface area contributed by atoms with Crippen LogP contribution in [0.2, 0.25) is 0 Å². The second-order valence-corrected chi connectivity index (χ2v) is 9.49. The Bertz CT molecular complexity index is 1090. The second kappa shape index (κ2) is 13.3.